The van der Waals surface area contributed by atoms with E-state index >= 15 is 0 Å². The first-order chi connectivity index (χ1) is 5.36. The van der Waals surface area contributed by atoms with Crippen LogP contribution in [-0.4, -0.2) is 12.7 Å². The zero-order valence-corrected chi connectivity index (χ0v) is 7.81. The molecule has 1 nitrogen and oxygen atoms in total. The van der Waals surface area contributed by atoms with Crippen LogP contribution < -0.4 is 0 Å². The maximum atomic E-state index is 5.58. The van der Waals surface area contributed by atoms with Crippen molar-refractivity contribution in [1.82, 2.24) is 0 Å². The maximum absolute atomic E-state index is 5.58. The highest BCUT2D eigenvalue weighted by molar-refractivity contribution is 4.71. The van der Waals surface area contributed by atoms with Crippen molar-refractivity contribution in [2.24, 2.45) is 5.92 Å². The normalized spacial score (nSPS) is 32.2. The summed E-state index contributed by atoms with van der Waals surface area (Å²) in [7, 11) is 0. The van der Waals surface area contributed by atoms with E-state index in [1.165, 1.54) is 32.1 Å². The molecule has 0 unspecified atom stereocenters. The molecule has 1 saturated carbocycles. The van der Waals surface area contributed by atoms with Crippen molar-refractivity contribution < 1.29 is 4.74 Å². The summed E-state index contributed by atoms with van der Waals surface area (Å²) < 4.78 is 5.58. The summed E-state index contributed by atoms with van der Waals surface area (Å²) >= 11 is 0. The van der Waals surface area contributed by atoms with Gasteiger partial charge in [-0.2, -0.15) is 0 Å². The van der Waals surface area contributed by atoms with E-state index < -0.39 is 0 Å². The van der Waals surface area contributed by atoms with E-state index in [4.69, 9.17) is 4.74 Å². The molecule has 1 rings (SSSR count). The highest BCUT2D eigenvalue weighted by Gasteiger charge is 2.19. The van der Waals surface area contributed by atoms with Crippen LogP contribution in [0.15, 0.2) is 0 Å². The molecule has 0 atom stereocenters. The lowest BCUT2D eigenvalue weighted by Gasteiger charge is -2.27. The molecule has 0 saturated heterocycles. The second-order valence-corrected chi connectivity index (χ2v) is 3.51. The smallest absolute Gasteiger partial charge is 0.0575 e. The Labute approximate surface area is 70.1 Å². The Morgan fingerprint density at radius 1 is 1.09 bits per heavy atom. The minimum atomic E-state index is 0.586. The third-order valence-electron chi connectivity index (χ3n) is 2.77. The van der Waals surface area contributed by atoms with Crippen LogP contribution in [0.2, 0.25) is 0 Å². The summed E-state index contributed by atoms with van der Waals surface area (Å²) in [5, 5.41) is 0. The lowest BCUT2D eigenvalue weighted by Crippen LogP contribution is -2.21. The number of rotatable bonds is 3. The summed E-state index contributed by atoms with van der Waals surface area (Å²) in [6.07, 6.45) is 7.32. The molecule has 1 aliphatic carbocycles. The molecular formula is C10H20O. The zero-order valence-electron chi connectivity index (χ0n) is 7.81. The van der Waals surface area contributed by atoms with E-state index in [9.17, 15) is 0 Å². The molecule has 0 heterocycles. The fourth-order valence-corrected chi connectivity index (χ4v) is 1.94. The number of hydrogen-bond acceptors (Lipinski definition) is 1. The Morgan fingerprint density at radius 2 is 1.73 bits per heavy atom. The van der Waals surface area contributed by atoms with Gasteiger partial charge in [0.15, 0.2) is 0 Å². The average molecular weight is 156 g/mol. The molecule has 0 aromatic carbocycles. The second-order valence-electron chi connectivity index (χ2n) is 3.51. The van der Waals surface area contributed by atoms with E-state index in [0.717, 1.165) is 12.5 Å². The summed E-state index contributed by atoms with van der Waals surface area (Å²) in [4.78, 5) is 0. The van der Waals surface area contributed by atoms with Crippen molar-refractivity contribution in [1.29, 1.82) is 0 Å². The molecule has 66 valence electrons. The molecule has 0 spiro atoms. The lowest BCUT2D eigenvalue weighted by atomic mass is 9.86. The highest BCUT2D eigenvalue weighted by atomic mass is 16.5. The van der Waals surface area contributed by atoms with Crippen LogP contribution in [0.25, 0.3) is 0 Å². The standard InChI is InChI=1S/C10H20O/c1-3-9-5-7-10(8-6-9)11-4-2/h9-10H,3-8H2,1-2H3. The molecule has 0 aromatic heterocycles. The summed E-state index contributed by atoms with van der Waals surface area (Å²) in [5.41, 5.74) is 0. The van der Waals surface area contributed by atoms with Crippen LogP contribution in [-0.2, 0) is 4.74 Å². The van der Waals surface area contributed by atoms with Crippen molar-refractivity contribution in [3.63, 3.8) is 0 Å². The molecule has 0 aromatic rings. The lowest BCUT2D eigenvalue weighted by molar-refractivity contribution is 0.0253. The molecule has 1 fully saturated rings. The van der Waals surface area contributed by atoms with Crippen molar-refractivity contribution in [3.05, 3.63) is 0 Å². The third kappa shape index (κ3) is 2.82. The SMILES string of the molecule is CCOC1CCC(CC)CC1. The van der Waals surface area contributed by atoms with Crippen LogP contribution >= 0.6 is 0 Å². The molecule has 0 bridgehead atoms. The van der Waals surface area contributed by atoms with Gasteiger partial charge in [0.25, 0.3) is 0 Å². The first kappa shape index (κ1) is 9.05. The van der Waals surface area contributed by atoms with E-state index in [1.807, 2.05) is 0 Å². The van der Waals surface area contributed by atoms with Gasteiger partial charge in [0.05, 0.1) is 6.10 Å². The van der Waals surface area contributed by atoms with E-state index in [2.05, 4.69) is 13.8 Å². The summed E-state index contributed by atoms with van der Waals surface area (Å²) in [6, 6.07) is 0. The largest absolute Gasteiger partial charge is 0.379 e. The van der Waals surface area contributed by atoms with Gasteiger partial charge in [-0.15, -0.1) is 0 Å². The van der Waals surface area contributed by atoms with Gasteiger partial charge >= 0.3 is 0 Å². The van der Waals surface area contributed by atoms with Gasteiger partial charge in [-0.05, 0) is 38.5 Å². The topological polar surface area (TPSA) is 9.23 Å². The van der Waals surface area contributed by atoms with Crippen LogP contribution in [0.3, 0.4) is 0 Å². The van der Waals surface area contributed by atoms with Crippen LogP contribution in [0.1, 0.15) is 46.0 Å². The zero-order chi connectivity index (χ0) is 8.10. The Kier molecular flexibility index (Phi) is 3.92. The molecule has 0 aliphatic heterocycles. The fraction of sp³-hybridized carbons (Fsp3) is 1.00. The van der Waals surface area contributed by atoms with Gasteiger partial charge in [0, 0.05) is 6.61 Å². The van der Waals surface area contributed by atoms with Gasteiger partial charge in [0.1, 0.15) is 0 Å². The monoisotopic (exact) mass is 156 g/mol. The van der Waals surface area contributed by atoms with E-state index in [-0.39, 0.29) is 0 Å². The molecule has 0 N–H and O–H groups in total. The predicted molar refractivity (Wildman–Crippen MR) is 47.7 cm³/mol. The van der Waals surface area contributed by atoms with Gasteiger partial charge in [-0.3, -0.25) is 0 Å². The predicted octanol–water partition coefficient (Wildman–Crippen LogP) is 2.99. The fourth-order valence-electron chi connectivity index (χ4n) is 1.94. The Balaban J connectivity index is 2.14. The minimum Gasteiger partial charge on any atom is -0.379 e. The van der Waals surface area contributed by atoms with Gasteiger partial charge in [0.2, 0.25) is 0 Å². The van der Waals surface area contributed by atoms with Crippen molar-refractivity contribution in [2.45, 2.75) is 52.1 Å². The third-order valence-corrected chi connectivity index (χ3v) is 2.77. The van der Waals surface area contributed by atoms with Crippen molar-refractivity contribution >= 4 is 0 Å². The van der Waals surface area contributed by atoms with Crippen LogP contribution in [0.5, 0.6) is 0 Å². The second kappa shape index (κ2) is 4.76. The minimum absolute atomic E-state index is 0.586. The Morgan fingerprint density at radius 3 is 2.18 bits per heavy atom. The van der Waals surface area contributed by atoms with Crippen molar-refractivity contribution in [2.75, 3.05) is 6.61 Å². The van der Waals surface area contributed by atoms with E-state index in [0.29, 0.717) is 6.10 Å². The molecule has 11 heavy (non-hydrogen) atoms. The highest BCUT2D eigenvalue weighted by Crippen LogP contribution is 2.27. The first-order valence-corrected chi connectivity index (χ1v) is 4.98. The maximum Gasteiger partial charge on any atom is 0.0575 e. The molecule has 1 aliphatic rings. The van der Waals surface area contributed by atoms with Crippen molar-refractivity contribution in [3.8, 4) is 0 Å². The molecule has 0 amide bonds. The summed E-state index contributed by atoms with van der Waals surface area (Å²) in [6.45, 7) is 5.28. The quantitative estimate of drug-likeness (QED) is 0.610. The van der Waals surface area contributed by atoms with Crippen LogP contribution in [0.4, 0.5) is 0 Å². The average Bonchev–Trinajstić information content (AvgIpc) is 2.07. The summed E-state index contributed by atoms with van der Waals surface area (Å²) in [5.74, 6) is 0.992. The van der Waals surface area contributed by atoms with Gasteiger partial charge in [-0.25, -0.2) is 0 Å². The molecular weight excluding hydrogens is 136 g/mol. The molecule has 1 heteroatoms. The Bertz CT molecular complexity index is 93.0. The Hall–Kier alpha value is -0.0400. The molecule has 0 radical (unpaired) electrons. The number of hydrogen-bond donors (Lipinski definition) is 0. The number of ether oxygens (including phenoxy) is 1. The van der Waals surface area contributed by atoms with E-state index in [1.54, 1.807) is 0 Å². The van der Waals surface area contributed by atoms with Gasteiger partial charge in [-0.1, -0.05) is 13.3 Å². The first-order valence-electron chi connectivity index (χ1n) is 4.98. The van der Waals surface area contributed by atoms with Crippen LogP contribution in [0, 0.1) is 5.92 Å². The van der Waals surface area contributed by atoms with Gasteiger partial charge < -0.3 is 4.74 Å².